The highest BCUT2D eigenvalue weighted by Crippen LogP contribution is 2.28. The SMILES string of the molecule is CNCc1ccc(Oc2ccc([N+](=O)[O-])c(C)c2)cc1C. The number of nitro benzene ring substituents is 1. The maximum Gasteiger partial charge on any atom is 0.272 e. The van der Waals surface area contributed by atoms with Crippen LogP contribution >= 0.6 is 0 Å². The van der Waals surface area contributed by atoms with Gasteiger partial charge in [0.05, 0.1) is 4.92 Å². The molecule has 2 aromatic carbocycles. The van der Waals surface area contributed by atoms with Crippen LogP contribution in [0.4, 0.5) is 5.69 Å². The molecule has 0 spiro atoms. The molecule has 0 heterocycles. The van der Waals surface area contributed by atoms with E-state index < -0.39 is 4.92 Å². The van der Waals surface area contributed by atoms with E-state index in [1.807, 2.05) is 32.2 Å². The smallest absolute Gasteiger partial charge is 0.272 e. The van der Waals surface area contributed by atoms with Crippen molar-refractivity contribution in [1.82, 2.24) is 5.32 Å². The number of nitro groups is 1. The average Bonchev–Trinajstić information content (AvgIpc) is 2.41. The van der Waals surface area contributed by atoms with E-state index in [2.05, 4.69) is 5.32 Å². The van der Waals surface area contributed by atoms with Crippen LogP contribution in [0.5, 0.6) is 11.5 Å². The van der Waals surface area contributed by atoms with Crippen molar-refractivity contribution in [3.05, 3.63) is 63.2 Å². The summed E-state index contributed by atoms with van der Waals surface area (Å²) in [4.78, 5) is 10.4. The van der Waals surface area contributed by atoms with Gasteiger partial charge in [-0.15, -0.1) is 0 Å². The molecule has 0 unspecified atom stereocenters. The Morgan fingerprint density at radius 3 is 2.24 bits per heavy atom. The van der Waals surface area contributed by atoms with Gasteiger partial charge in [-0.1, -0.05) is 6.07 Å². The Bertz CT molecular complexity index is 669. The lowest BCUT2D eigenvalue weighted by Crippen LogP contribution is -2.06. The quantitative estimate of drug-likeness (QED) is 0.672. The molecule has 0 atom stereocenters. The van der Waals surface area contributed by atoms with E-state index in [1.165, 1.54) is 11.6 Å². The molecule has 0 aliphatic rings. The Kier molecular flexibility index (Phi) is 4.55. The van der Waals surface area contributed by atoms with E-state index in [4.69, 9.17) is 4.74 Å². The number of ether oxygens (including phenoxy) is 1. The molecule has 1 N–H and O–H groups in total. The van der Waals surface area contributed by atoms with Crippen molar-refractivity contribution in [2.45, 2.75) is 20.4 Å². The molecule has 5 heteroatoms. The summed E-state index contributed by atoms with van der Waals surface area (Å²) in [5.41, 5.74) is 3.04. The van der Waals surface area contributed by atoms with Crippen LogP contribution in [0.2, 0.25) is 0 Å². The second kappa shape index (κ2) is 6.37. The van der Waals surface area contributed by atoms with E-state index in [0.29, 0.717) is 11.3 Å². The van der Waals surface area contributed by atoms with Gasteiger partial charge in [-0.3, -0.25) is 10.1 Å². The molecule has 2 rings (SSSR count). The van der Waals surface area contributed by atoms with Gasteiger partial charge in [0.25, 0.3) is 5.69 Å². The van der Waals surface area contributed by atoms with Gasteiger partial charge in [-0.2, -0.15) is 0 Å². The monoisotopic (exact) mass is 286 g/mol. The Balaban J connectivity index is 2.20. The standard InChI is InChI=1S/C16H18N2O3/c1-11-8-14(5-4-13(11)10-17-3)21-15-6-7-16(18(19)20)12(2)9-15/h4-9,17H,10H2,1-3H3. The fourth-order valence-electron chi connectivity index (χ4n) is 2.15. The van der Waals surface area contributed by atoms with E-state index in [0.717, 1.165) is 17.9 Å². The lowest BCUT2D eigenvalue weighted by Gasteiger charge is -2.10. The Morgan fingerprint density at radius 2 is 1.71 bits per heavy atom. The van der Waals surface area contributed by atoms with Crippen molar-refractivity contribution in [2.24, 2.45) is 0 Å². The lowest BCUT2D eigenvalue weighted by molar-refractivity contribution is -0.385. The van der Waals surface area contributed by atoms with Gasteiger partial charge < -0.3 is 10.1 Å². The zero-order valence-electron chi connectivity index (χ0n) is 12.3. The molecular weight excluding hydrogens is 268 g/mol. The molecule has 0 radical (unpaired) electrons. The summed E-state index contributed by atoms with van der Waals surface area (Å²) in [6.07, 6.45) is 0. The van der Waals surface area contributed by atoms with Gasteiger partial charge in [0.1, 0.15) is 11.5 Å². The second-order valence-electron chi connectivity index (χ2n) is 4.93. The topological polar surface area (TPSA) is 64.4 Å². The minimum absolute atomic E-state index is 0.0999. The minimum atomic E-state index is -0.393. The zero-order chi connectivity index (χ0) is 15.4. The molecule has 0 aliphatic heterocycles. The molecule has 0 aliphatic carbocycles. The van der Waals surface area contributed by atoms with Gasteiger partial charge in [0.15, 0.2) is 0 Å². The first-order valence-electron chi connectivity index (χ1n) is 6.68. The number of nitrogens with one attached hydrogen (secondary N) is 1. The van der Waals surface area contributed by atoms with Gasteiger partial charge in [-0.05, 0) is 56.3 Å². The van der Waals surface area contributed by atoms with Crippen molar-refractivity contribution >= 4 is 5.69 Å². The van der Waals surface area contributed by atoms with Crippen LogP contribution in [0, 0.1) is 24.0 Å². The van der Waals surface area contributed by atoms with Crippen LogP contribution in [-0.4, -0.2) is 12.0 Å². The van der Waals surface area contributed by atoms with E-state index in [-0.39, 0.29) is 5.69 Å². The number of rotatable bonds is 5. The molecule has 0 aromatic heterocycles. The van der Waals surface area contributed by atoms with Crippen molar-refractivity contribution < 1.29 is 9.66 Å². The summed E-state index contributed by atoms with van der Waals surface area (Å²) in [6, 6.07) is 10.6. The molecule has 21 heavy (non-hydrogen) atoms. The zero-order valence-corrected chi connectivity index (χ0v) is 12.3. The highest BCUT2D eigenvalue weighted by atomic mass is 16.6. The second-order valence-corrected chi connectivity index (χ2v) is 4.93. The van der Waals surface area contributed by atoms with E-state index in [9.17, 15) is 10.1 Å². The van der Waals surface area contributed by atoms with Gasteiger partial charge in [0, 0.05) is 18.2 Å². The maximum atomic E-state index is 10.8. The normalized spacial score (nSPS) is 10.4. The highest BCUT2D eigenvalue weighted by molar-refractivity contribution is 5.46. The fourth-order valence-corrected chi connectivity index (χ4v) is 2.15. The average molecular weight is 286 g/mol. The van der Waals surface area contributed by atoms with E-state index in [1.54, 1.807) is 19.1 Å². The third-order valence-electron chi connectivity index (χ3n) is 3.28. The molecule has 110 valence electrons. The van der Waals surface area contributed by atoms with Crippen molar-refractivity contribution in [2.75, 3.05) is 7.05 Å². The Hall–Kier alpha value is -2.40. The van der Waals surface area contributed by atoms with Gasteiger partial charge in [0.2, 0.25) is 0 Å². The summed E-state index contributed by atoms with van der Waals surface area (Å²) in [5, 5.41) is 13.9. The van der Waals surface area contributed by atoms with Crippen LogP contribution < -0.4 is 10.1 Å². The highest BCUT2D eigenvalue weighted by Gasteiger charge is 2.11. The molecule has 0 saturated carbocycles. The third kappa shape index (κ3) is 3.58. The predicted octanol–water partition coefficient (Wildman–Crippen LogP) is 3.72. The summed E-state index contributed by atoms with van der Waals surface area (Å²) in [5.74, 6) is 1.32. The molecular formula is C16H18N2O3. The molecule has 0 fully saturated rings. The summed E-state index contributed by atoms with van der Waals surface area (Å²) < 4.78 is 5.76. The van der Waals surface area contributed by atoms with Crippen molar-refractivity contribution in [3.63, 3.8) is 0 Å². The van der Waals surface area contributed by atoms with Gasteiger partial charge >= 0.3 is 0 Å². The third-order valence-corrected chi connectivity index (χ3v) is 3.28. The Labute approximate surface area is 123 Å². The van der Waals surface area contributed by atoms with Crippen molar-refractivity contribution in [3.8, 4) is 11.5 Å². The number of aryl methyl sites for hydroxylation is 2. The molecule has 0 amide bonds. The lowest BCUT2D eigenvalue weighted by atomic mass is 10.1. The fraction of sp³-hybridized carbons (Fsp3) is 0.250. The first-order chi connectivity index (χ1) is 10.0. The van der Waals surface area contributed by atoms with Crippen LogP contribution in [-0.2, 0) is 6.54 Å². The molecule has 5 nitrogen and oxygen atoms in total. The largest absolute Gasteiger partial charge is 0.457 e. The van der Waals surface area contributed by atoms with Crippen LogP contribution in [0.25, 0.3) is 0 Å². The summed E-state index contributed by atoms with van der Waals surface area (Å²) in [6.45, 7) is 4.54. The number of hydrogen-bond acceptors (Lipinski definition) is 4. The predicted molar refractivity (Wildman–Crippen MR) is 81.9 cm³/mol. The number of benzene rings is 2. The summed E-state index contributed by atoms with van der Waals surface area (Å²) in [7, 11) is 1.91. The molecule has 2 aromatic rings. The first kappa shape index (κ1) is 15.0. The van der Waals surface area contributed by atoms with Gasteiger partial charge in [-0.25, -0.2) is 0 Å². The number of nitrogens with zero attached hydrogens (tertiary/aromatic N) is 1. The van der Waals surface area contributed by atoms with E-state index >= 15 is 0 Å². The minimum Gasteiger partial charge on any atom is -0.457 e. The molecule has 0 bridgehead atoms. The van der Waals surface area contributed by atoms with Crippen LogP contribution in [0.3, 0.4) is 0 Å². The van der Waals surface area contributed by atoms with Crippen molar-refractivity contribution in [1.29, 1.82) is 0 Å². The van der Waals surface area contributed by atoms with Crippen LogP contribution in [0.1, 0.15) is 16.7 Å². The Morgan fingerprint density at radius 1 is 1.10 bits per heavy atom. The molecule has 0 saturated heterocycles. The van der Waals surface area contributed by atoms with Crippen LogP contribution in [0.15, 0.2) is 36.4 Å². The first-order valence-corrected chi connectivity index (χ1v) is 6.68. The number of hydrogen-bond donors (Lipinski definition) is 1. The maximum absolute atomic E-state index is 10.8. The summed E-state index contributed by atoms with van der Waals surface area (Å²) >= 11 is 0.